The van der Waals surface area contributed by atoms with E-state index in [9.17, 15) is 9.59 Å². The number of fused-ring (bicyclic) bond motifs is 2. The van der Waals surface area contributed by atoms with Crippen LogP contribution in [-0.2, 0) is 16.1 Å². The number of anilines is 1. The molecule has 8 heteroatoms. The van der Waals surface area contributed by atoms with E-state index in [1.165, 1.54) is 11.8 Å². The summed E-state index contributed by atoms with van der Waals surface area (Å²) in [5, 5.41) is 3.69. The van der Waals surface area contributed by atoms with Crippen LogP contribution in [0.5, 0.6) is 0 Å². The molecule has 0 aliphatic carbocycles. The molecular formula is C23H19N3O3S2. The van der Waals surface area contributed by atoms with E-state index in [0.29, 0.717) is 30.4 Å². The number of benzene rings is 2. The van der Waals surface area contributed by atoms with Gasteiger partial charge in [-0.05, 0) is 36.4 Å². The van der Waals surface area contributed by atoms with Crippen LogP contribution in [-0.4, -0.2) is 29.1 Å². The minimum absolute atomic E-state index is 0.0306. The number of thioether (sulfide) groups is 1. The predicted molar refractivity (Wildman–Crippen MR) is 123 cm³/mol. The number of amides is 2. The average Bonchev–Trinajstić information content (AvgIpc) is 3.44. The molecule has 1 N–H and O–H groups in total. The van der Waals surface area contributed by atoms with Gasteiger partial charge in [0.25, 0.3) is 0 Å². The molecule has 156 valence electrons. The summed E-state index contributed by atoms with van der Waals surface area (Å²) >= 11 is 3.11. The Bertz CT molecular complexity index is 1230. The lowest BCUT2D eigenvalue weighted by molar-refractivity contribution is -0.121. The number of hydrogen-bond acceptors (Lipinski definition) is 6. The highest BCUT2D eigenvalue weighted by atomic mass is 32.2. The lowest BCUT2D eigenvalue weighted by Gasteiger charge is -2.28. The monoisotopic (exact) mass is 449 g/mol. The molecule has 4 aromatic rings. The molecule has 2 aromatic carbocycles. The van der Waals surface area contributed by atoms with Crippen molar-refractivity contribution in [3.63, 3.8) is 0 Å². The number of carbonyl (C=O) groups excluding carboxylic acids is 2. The van der Waals surface area contributed by atoms with Crippen molar-refractivity contribution in [1.29, 1.82) is 0 Å². The first-order valence-electron chi connectivity index (χ1n) is 9.91. The van der Waals surface area contributed by atoms with Crippen molar-refractivity contribution in [3.8, 4) is 10.8 Å². The number of furan rings is 1. The second kappa shape index (κ2) is 8.56. The molecule has 0 fully saturated rings. The molecule has 0 atom stereocenters. The zero-order valence-electron chi connectivity index (χ0n) is 16.5. The van der Waals surface area contributed by atoms with E-state index in [1.54, 1.807) is 16.2 Å². The average molecular weight is 450 g/mol. The lowest BCUT2D eigenvalue weighted by Crippen LogP contribution is -2.38. The Labute approximate surface area is 187 Å². The minimum Gasteiger partial charge on any atom is -0.457 e. The van der Waals surface area contributed by atoms with Crippen molar-refractivity contribution in [2.75, 3.05) is 17.2 Å². The standard InChI is InChI=1S/C23H19N3O3S2/c27-21(11-12-26-17-6-2-4-8-20(17)30-14-22(26)28)24-13-15-9-10-18(29-15)23-25-16-5-1-3-7-19(16)31-23/h1-10H,11-14H2,(H,24,27). The van der Waals surface area contributed by atoms with E-state index < -0.39 is 0 Å². The van der Waals surface area contributed by atoms with Crippen molar-refractivity contribution < 1.29 is 14.0 Å². The van der Waals surface area contributed by atoms with Crippen LogP contribution in [0.25, 0.3) is 21.0 Å². The van der Waals surface area contributed by atoms with E-state index in [0.717, 1.165) is 25.8 Å². The van der Waals surface area contributed by atoms with E-state index in [2.05, 4.69) is 10.3 Å². The molecule has 6 nitrogen and oxygen atoms in total. The fourth-order valence-electron chi connectivity index (χ4n) is 3.45. The number of hydrogen-bond donors (Lipinski definition) is 1. The fourth-order valence-corrected chi connectivity index (χ4v) is 5.32. The van der Waals surface area contributed by atoms with Crippen LogP contribution >= 0.6 is 23.1 Å². The molecule has 5 rings (SSSR count). The van der Waals surface area contributed by atoms with E-state index in [-0.39, 0.29) is 18.2 Å². The van der Waals surface area contributed by atoms with Gasteiger partial charge in [0.15, 0.2) is 10.8 Å². The third-order valence-electron chi connectivity index (χ3n) is 5.00. The molecule has 31 heavy (non-hydrogen) atoms. The first-order chi connectivity index (χ1) is 15.2. The fraction of sp³-hybridized carbons (Fsp3) is 0.174. The summed E-state index contributed by atoms with van der Waals surface area (Å²) in [4.78, 5) is 32.0. The van der Waals surface area contributed by atoms with Crippen LogP contribution in [0.1, 0.15) is 12.2 Å². The quantitative estimate of drug-likeness (QED) is 0.462. The highest BCUT2D eigenvalue weighted by Gasteiger charge is 2.24. The molecule has 0 bridgehead atoms. The van der Waals surface area contributed by atoms with E-state index in [1.807, 2.05) is 60.7 Å². The Morgan fingerprint density at radius 3 is 2.84 bits per heavy atom. The number of rotatable bonds is 6. The van der Waals surface area contributed by atoms with Crippen LogP contribution < -0.4 is 10.2 Å². The SMILES string of the molecule is O=C(CCN1C(=O)CSc2ccccc21)NCc1ccc(-c2nc3ccccc3s2)o1. The van der Waals surface area contributed by atoms with Crippen LogP contribution in [0.4, 0.5) is 5.69 Å². The smallest absolute Gasteiger partial charge is 0.237 e. The molecule has 2 aromatic heterocycles. The first kappa shape index (κ1) is 19.8. The number of para-hydroxylation sites is 2. The number of carbonyl (C=O) groups is 2. The van der Waals surface area contributed by atoms with Crippen LogP contribution in [0.15, 0.2) is 70.0 Å². The van der Waals surface area contributed by atoms with Gasteiger partial charge in [-0.1, -0.05) is 24.3 Å². The highest BCUT2D eigenvalue weighted by molar-refractivity contribution is 8.00. The third kappa shape index (κ3) is 4.22. The molecule has 2 amide bonds. The molecule has 1 aliphatic heterocycles. The van der Waals surface area contributed by atoms with Crippen LogP contribution in [0.3, 0.4) is 0 Å². The topological polar surface area (TPSA) is 75.4 Å². The minimum atomic E-state index is -0.124. The summed E-state index contributed by atoms with van der Waals surface area (Å²) in [6.07, 6.45) is 0.232. The Morgan fingerprint density at radius 2 is 1.94 bits per heavy atom. The van der Waals surface area contributed by atoms with Gasteiger partial charge in [0.05, 0.1) is 28.2 Å². The maximum atomic E-state index is 12.4. The molecule has 0 saturated carbocycles. The summed E-state index contributed by atoms with van der Waals surface area (Å²) in [7, 11) is 0. The maximum Gasteiger partial charge on any atom is 0.237 e. The maximum absolute atomic E-state index is 12.4. The van der Waals surface area contributed by atoms with Crippen LogP contribution in [0, 0.1) is 0 Å². The molecule has 0 unspecified atom stereocenters. The van der Waals surface area contributed by atoms with Gasteiger partial charge in [0.2, 0.25) is 11.8 Å². The van der Waals surface area contributed by atoms with E-state index in [4.69, 9.17) is 4.42 Å². The number of nitrogens with zero attached hydrogens (tertiary/aromatic N) is 2. The summed E-state index contributed by atoms with van der Waals surface area (Å²) in [6, 6.07) is 19.5. The number of nitrogens with one attached hydrogen (secondary N) is 1. The Kier molecular flexibility index (Phi) is 5.48. The van der Waals surface area contributed by atoms with Crippen molar-refractivity contribution in [2.45, 2.75) is 17.9 Å². The van der Waals surface area contributed by atoms with Gasteiger partial charge in [-0.2, -0.15) is 0 Å². The Balaban J connectivity index is 1.18. The van der Waals surface area contributed by atoms with Gasteiger partial charge in [0.1, 0.15) is 5.76 Å². The third-order valence-corrected chi connectivity index (χ3v) is 7.10. The van der Waals surface area contributed by atoms with Crippen molar-refractivity contribution in [1.82, 2.24) is 10.3 Å². The number of aromatic nitrogens is 1. The summed E-state index contributed by atoms with van der Waals surface area (Å²) < 4.78 is 6.98. The van der Waals surface area contributed by atoms with Gasteiger partial charge in [-0.15, -0.1) is 23.1 Å². The van der Waals surface area contributed by atoms with Gasteiger partial charge < -0.3 is 14.6 Å². The summed E-state index contributed by atoms with van der Waals surface area (Å²) in [6.45, 7) is 0.654. The molecular weight excluding hydrogens is 430 g/mol. The molecule has 0 saturated heterocycles. The number of thiazole rings is 1. The van der Waals surface area contributed by atoms with Gasteiger partial charge in [-0.25, -0.2) is 4.98 Å². The highest BCUT2D eigenvalue weighted by Crippen LogP contribution is 2.35. The normalized spacial score (nSPS) is 13.4. The molecule has 0 spiro atoms. The second-order valence-corrected chi connectivity index (χ2v) is 9.13. The zero-order valence-corrected chi connectivity index (χ0v) is 18.2. The molecule has 1 aliphatic rings. The Hall–Kier alpha value is -3.10. The van der Waals surface area contributed by atoms with Crippen molar-refractivity contribution in [3.05, 3.63) is 66.4 Å². The van der Waals surface area contributed by atoms with Crippen molar-refractivity contribution in [2.24, 2.45) is 0 Å². The van der Waals surface area contributed by atoms with Gasteiger partial charge in [-0.3, -0.25) is 9.59 Å². The first-order valence-corrected chi connectivity index (χ1v) is 11.7. The van der Waals surface area contributed by atoms with Gasteiger partial charge in [0, 0.05) is 17.9 Å². The van der Waals surface area contributed by atoms with Crippen LogP contribution in [0.2, 0.25) is 0 Å². The summed E-state index contributed by atoms with van der Waals surface area (Å²) in [5.74, 6) is 1.67. The van der Waals surface area contributed by atoms with Gasteiger partial charge >= 0.3 is 0 Å². The Morgan fingerprint density at radius 1 is 1.10 bits per heavy atom. The molecule has 0 radical (unpaired) electrons. The molecule has 3 heterocycles. The second-order valence-electron chi connectivity index (χ2n) is 7.08. The summed E-state index contributed by atoms with van der Waals surface area (Å²) in [5.41, 5.74) is 1.82. The largest absolute Gasteiger partial charge is 0.457 e. The zero-order chi connectivity index (χ0) is 21.2. The van der Waals surface area contributed by atoms with E-state index >= 15 is 0 Å². The van der Waals surface area contributed by atoms with Crippen molar-refractivity contribution >= 4 is 50.8 Å². The lowest BCUT2D eigenvalue weighted by atomic mass is 10.2. The predicted octanol–water partition coefficient (Wildman–Crippen LogP) is 4.70.